The zero-order valence-corrected chi connectivity index (χ0v) is 12.1. The number of carbonyl (C=O) groups is 1. The van der Waals surface area contributed by atoms with Crippen molar-refractivity contribution < 1.29 is 14.3 Å². The zero-order valence-electron chi connectivity index (χ0n) is 11.3. The van der Waals surface area contributed by atoms with E-state index in [1.807, 2.05) is 12.1 Å². The number of hydrogen-bond acceptors (Lipinski definition) is 2. The van der Waals surface area contributed by atoms with Crippen LogP contribution in [0.25, 0.3) is 0 Å². The maximum Gasteiger partial charge on any atom is 0.311 e. The van der Waals surface area contributed by atoms with Gasteiger partial charge in [0, 0.05) is 10.1 Å². The first kappa shape index (κ1) is 14.1. The van der Waals surface area contributed by atoms with Crippen LogP contribution in [-0.4, -0.2) is 16.3 Å². The summed E-state index contributed by atoms with van der Waals surface area (Å²) in [6, 6.07) is 14.1. The first-order valence-corrected chi connectivity index (χ1v) is 7.74. The topological polar surface area (TPSA) is 37.3 Å². The minimum atomic E-state index is -0.892. The molecule has 0 saturated heterocycles. The fraction of sp³-hybridized carbons (Fsp3) is 0.235. The molecule has 0 aliphatic carbocycles. The molecule has 0 saturated carbocycles. The Kier molecular flexibility index (Phi) is 3.97. The highest BCUT2D eigenvalue weighted by Gasteiger charge is 2.29. The summed E-state index contributed by atoms with van der Waals surface area (Å²) in [7, 11) is 0. The molecular formula is C17H15FO2S. The lowest BCUT2D eigenvalue weighted by Crippen LogP contribution is -2.17. The Balaban J connectivity index is 1.77. The van der Waals surface area contributed by atoms with Gasteiger partial charge in [0.2, 0.25) is 0 Å². The molecule has 0 radical (unpaired) electrons. The van der Waals surface area contributed by atoms with Crippen LogP contribution in [0.5, 0.6) is 0 Å². The summed E-state index contributed by atoms with van der Waals surface area (Å²) in [5, 5.41) is 9.69. The molecule has 0 amide bonds. The van der Waals surface area contributed by atoms with Gasteiger partial charge in [-0.25, -0.2) is 4.39 Å². The lowest BCUT2D eigenvalue weighted by molar-refractivity contribution is -0.139. The number of rotatable bonds is 4. The predicted octanol–water partition coefficient (Wildman–Crippen LogP) is 4.10. The van der Waals surface area contributed by atoms with Crippen LogP contribution in [0.2, 0.25) is 0 Å². The maximum atomic E-state index is 13.3. The van der Waals surface area contributed by atoms with Crippen LogP contribution in [0, 0.1) is 5.82 Å². The molecular weight excluding hydrogens is 287 g/mol. The van der Waals surface area contributed by atoms with Crippen LogP contribution >= 0.6 is 11.8 Å². The molecule has 3 rings (SSSR count). The van der Waals surface area contributed by atoms with Gasteiger partial charge >= 0.3 is 5.97 Å². The number of hydrogen-bond donors (Lipinski definition) is 1. The molecule has 0 bridgehead atoms. The summed E-state index contributed by atoms with van der Waals surface area (Å²) in [4.78, 5) is 12.8. The minimum Gasteiger partial charge on any atom is -0.481 e. The summed E-state index contributed by atoms with van der Waals surface area (Å²) in [6.07, 6.45) is 1.39. The fourth-order valence-corrected chi connectivity index (χ4v) is 4.12. The number of thioether (sulfide) groups is 1. The van der Waals surface area contributed by atoms with Crippen molar-refractivity contribution in [2.45, 2.75) is 28.9 Å². The van der Waals surface area contributed by atoms with Crippen molar-refractivity contribution in [3.05, 3.63) is 65.5 Å². The van der Waals surface area contributed by atoms with Gasteiger partial charge in [0.25, 0.3) is 0 Å². The van der Waals surface area contributed by atoms with Gasteiger partial charge in [0.05, 0.1) is 5.92 Å². The highest BCUT2D eigenvalue weighted by atomic mass is 32.2. The molecule has 1 heterocycles. The average Bonchev–Trinajstić information content (AvgIpc) is 2.87. The van der Waals surface area contributed by atoms with Crippen molar-refractivity contribution in [1.82, 2.24) is 0 Å². The van der Waals surface area contributed by atoms with Crippen molar-refractivity contribution in [1.29, 1.82) is 0 Å². The molecule has 108 valence electrons. The van der Waals surface area contributed by atoms with Crippen LogP contribution in [0.3, 0.4) is 0 Å². The summed E-state index contributed by atoms with van der Waals surface area (Å²) in [6.45, 7) is 0. The summed E-state index contributed by atoms with van der Waals surface area (Å²) < 4.78 is 13.3. The largest absolute Gasteiger partial charge is 0.481 e. The zero-order chi connectivity index (χ0) is 14.8. The number of fused-ring (bicyclic) bond motifs is 1. The SMILES string of the molecule is O=C(O)C(CC1Cc2ccccc2S1)c1cccc(F)c1. The molecule has 1 aliphatic rings. The first-order valence-electron chi connectivity index (χ1n) is 6.86. The molecule has 4 heteroatoms. The van der Waals surface area contributed by atoms with E-state index in [9.17, 15) is 14.3 Å². The predicted molar refractivity (Wildman–Crippen MR) is 81.2 cm³/mol. The molecule has 21 heavy (non-hydrogen) atoms. The molecule has 1 aliphatic heterocycles. The smallest absolute Gasteiger partial charge is 0.311 e. The van der Waals surface area contributed by atoms with Gasteiger partial charge in [0.15, 0.2) is 0 Å². The van der Waals surface area contributed by atoms with Crippen LogP contribution in [0.15, 0.2) is 53.4 Å². The van der Waals surface area contributed by atoms with E-state index >= 15 is 0 Å². The van der Waals surface area contributed by atoms with E-state index in [1.54, 1.807) is 23.9 Å². The van der Waals surface area contributed by atoms with Crippen molar-refractivity contribution in [3.8, 4) is 0 Å². The van der Waals surface area contributed by atoms with Gasteiger partial charge in [-0.05, 0) is 42.2 Å². The first-order chi connectivity index (χ1) is 10.1. The van der Waals surface area contributed by atoms with E-state index in [-0.39, 0.29) is 11.1 Å². The molecule has 0 fully saturated rings. The van der Waals surface area contributed by atoms with Gasteiger partial charge in [0.1, 0.15) is 5.82 Å². The van der Waals surface area contributed by atoms with E-state index in [0.29, 0.717) is 12.0 Å². The second kappa shape index (κ2) is 5.90. The quantitative estimate of drug-likeness (QED) is 0.924. The number of carboxylic acids is 1. The summed E-state index contributed by atoms with van der Waals surface area (Å²) in [5.41, 5.74) is 1.81. The molecule has 0 aromatic heterocycles. The van der Waals surface area contributed by atoms with Crippen molar-refractivity contribution in [2.75, 3.05) is 0 Å². The monoisotopic (exact) mass is 302 g/mol. The van der Waals surface area contributed by atoms with E-state index in [1.165, 1.54) is 22.6 Å². The Labute approximate surface area is 127 Å². The molecule has 0 spiro atoms. The maximum absolute atomic E-state index is 13.3. The molecule has 2 atom stereocenters. The number of benzene rings is 2. The minimum absolute atomic E-state index is 0.228. The Morgan fingerprint density at radius 3 is 2.81 bits per heavy atom. The van der Waals surface area contributed by atoms with Crippen LogP contribution in [-0.2, 0) is 11.2 Å². The Bertz CT molecular complexity index is 646. The standard InChI is InChI=1S/C17H15FO2S/c18-13-6-3-5-11(8-13)15(17(19)20)10-14-9-12-4-1-2-7-16(12)21-14/h1-8,14-15H,9-10H2,(H,19,20). The van der Waals surface area contributed by atoms with Gasteiger partial charge in [-0.1, -0.05) is 30.3 Å². The third-order valence-electron chi connectivity index (χ3n) is 3.76. The Hall–Kier alpha value is -1.81. The van der Waals surface area contributed by atoms with Crippen LogP contribution < -0.4 is 0 Å². The molecule has 2 unspecified atom stereocenters. The molecule has 2 nitrogen and oxygen atoms in total. The normalized spacial score (nSPS) is 18.2. The van der Waals surface area contributed by atoms with Crippen LogP contribution in [0.4, 0.5) is 4.39 Å². The second-order valence-electron chi connectivity index (χ2n) is 5.23. The highest BCUT2D eigenvalue weighted by molar-refractivity contribution is 8.00. The summed E-state index contributed by atoms with van der Waals surface area (Å²) in [5.74, 6) is -1.94. The van der Waals surface area contributed by atoms with Gasteiger partial charge < -0.3 is 5.11 Å². The molecule has 1 N–H and O–H groups in total. The average molecular weight is 302 g/mol. The van der Waals surface area contributed by atoms with E-state index in [4.69, 9.17) is 0 Å². The Morgan fingerprint density at radius 2 is 2.10 bits per heavy atom. The molecule has 2 aromatic carbocycles. The van der Waals surface area contributed by atoms with E-state index in [0.717, 1.165) is 6.42 Å². The van der Waals surface area contributed by atoms with Crippen LogP contribution in [0.1, 0.15) is 23.5 Å². The summed E-state index contributed by atoms with van der Waals surface area (Å²) >= 11 is 1.72. The number of aliphatic carboxylic acids is 1. The van der Waals surface area contributed by atoms with E-state index < -0.39 is 11.9 Å². The van der Waals surface area contributed by atoms with Gasteiger partial charge in [-0.2, -0.15) is 0 Å². The van der Waals surface area contributed by atoms with E-state index in [2.05, 4.69) is 12.1 Å². The Morgan fingerprint density at radius 1 is 1.29 bits per heavy atom. The lowest BCUT2D eigenvalue weighted by Gasteiger charge is -2.16. The van der Waals surface area contributed by atoms with Crippen molar-refractivity contribution >= 4 is 17.7 Å². The van der Waals surface area contributed by atoms with Crippen molar-refractivity contribution in [2.24, 2.45) is 0 Å². The third kappa shape index (κ3) is 3.10. The lowest BCUT2D eigenvalue weighted by atomic mass is 9.92. The van der Waals surface area contributed by atoms with Gasteiger partial charge in [-0.3, -0.25) is 4.79 Å². The van der Waals surface area contributed by atoms with Crippen molar-refractivity contribution in [3.63, 3.8) is 0 Å². The highest BCUT2D eigenvalue weighted by Crippen LogP contribution is 2.41. The third-order valence-corrected chi connectivity index (χ3v) is 5.11. The molecule has 2 aromatic rings. The second-order valence-corrected chi connectivity index (χ2v) is 6.58. The van der Waals surface area contributed by atoms with Gasteiger partial charge in [-0.15, -0.1) is 11.8 Å². The fourth-order valence-electron chi connectivity index (χ4n) is 2.75. The number of carboxylic acid groups (broad SMARTS) is 1. The number of halogens is 1.